The highest BCUT2D eigenvalue weighted by Crippen LogP contribution is 2.43. The van der Waals surface area contributed by atoms with Gasteiger partial charge in [0.05, 0.1) is 22.6 Å². The van der Waals surface area contributed by atoms with E-state index in [0.29, 0.717) is 34.0 Å². The van der Waals surface area contributed by atoms with Gasteiger partial charge >= 0.3 is 5.97 Å². The number of carboxylic acid groups (broad SMARTS) is 1. The highest BCUT2D eigenvalue weighted by Gasteiger charge is 2.28. The molecule has 2 N–H and O–H groups in total. The van der Waals surface area contributed by atoms with Crippen LogP contribution in [-0.4, -0.2) is 48.4 Å². The number of piperazine rings is 1. The smallest absolute Gasteiger partial charge is 0.341 e. The van der Waals surface area contributed by atoms with Gasteiger partial charge in [0, 0.05) is 32.4 Å². The van der Waals surface area contributed by atoms with Gasteiger partial charge in [-0.3, -0.25) is 4.79 Å². The summed E-state index contributed by atoms with van der Waals surface area (Å²) in [5.41, 5.74) is 0.538. The predicted octanol–water partition coefficient (Wildman–Crippen LogP) is 1.72. The molecule has 4 rings (SSSR count). The van der Waals surface area contributed by atoms with Gasteiger partial charge in [0.25, 0.3) is 0 Å². The third-order valence-corrected chi connectivity index (χ3v) is 5.19. The number of hydrogen-bond acceptors (Lipinski definition) is 5. The van der Waals surface area contributed by atoms with Crippen LogP contribution in [-0.2, 0) is 0 Å². The average molecular weight is 364 g/mol. The fraction of sp³-hybridized carbons (Fsp3) is 0.412. The first-order chi connectivity index (χ1) is 12.0. The third kappa shape index (κ3) is 2.46. The van der Waals surface area contributed by atoms with Crippen molar-refractivity contribution in [1.82, 2.24) is 9.88 Å². The van der Waals surface area contributed by atoms with Crippen molar-refractivity contribution in [3.8, 4) is 5.75 Å². The quantitative estimate of drug-likeness (QED) is 0.845. The molecule has 0 aliphatic carbocycles. The van der Waals surface area contributed by atoms with Crippen molar-refractivity contribution < 1.29 is 14.6 Å². The molecule has 1 fully saturated rings. The van der Waals surface area contributed by atoms with Crippen molar-refractivity contribution in [2.75, 3.05) is 37.7 Å². The van der Waals surface area contributed by atoms with E-state index in [4.69, 9.17) is 16.3 Å². The number of nitrogens with one attached hydrogen (secondary N) is 1. The summed E-state index contributed by atoms with van der Waals surface area (Å²) in [6.07, 6.45) is 1.39. The number of carbonyl (C=O) groups is 1. The maximum absolute atomic E-state index is 12.7. The molecular weight excluding hydrogens is 346 g/mol. The van der Waals surface area contributed by atoms with E-state index in [1.807, 2.05) is 6.92 Å². The number of carboxylic acids is 1. The van der Waals surface area contributed by atoms with Gasteiger partial charge in [0.15, 0.2) is 5.75 Å². The lowest BCUT2D eigenvalue weighted by Crippen LogP contribution is -2.43. The van der Waals surface area contributed by atoms with E-state index in [9.17, 15) is 14.7 Å². The van der Waals surface area contributed by atoms with Crippen LogP contribution in [0.4, 0.5) is 5.69 Å². The number of aromatic nitrogens is 1. The number of halogens is 1. The summed E-state index contributed by atoms with van der Waals surface area (Å²) in [4.78, 5) is 26.3. The lowest BCUT2D eigenvalue weighted by molar-refractivity contribution is 0.0694. The number of hydrogen-bond donors (Lipinski definition) is 2. The lowest BCUT2D eigenvalue weighted by Gasteiger charge is -2.33. The molecule has 0 bridgehead atoms. The molecule has 7 nitrogen and oxygen atoms in total. The second-order valence-electron chi connectivity index (χ2n) is 6.42. The second kappa shape index (κ2) is 5.93. The molecule has 0 amide bonds. The molecule has 0 saturated carbocycles. The molecule has 0 radical (unpaired) electrons. The van der Waals surface area contributed by atoms with Gasteiger partial charge in [-0.25, -0.2) is 4.79 Å². The first-order valence-corrected chi connectivity index (χ1v) is 8.60. The molecule has 2 aliphatic rings. The van der Waals surface area contributed by atoms with Gasteiger partial charge in [-0.05, 0) is 13.0 Å². The fourth-order valence-corrected chi connectivity index (χ4v) is 3.82. The predicted molar refractivity (Wildman–Crippen MR) is 95.5 cm³/mol. The summed E-state index contributed by atoms with van der Waals surface area (Å²) in [6, 6.07) is 1.62. The molecule has 1 aromatic carbocycles. The minimum atomic E-state index is -1.23. The number of ether oxygens (including phenoxy) is 1. The van der Waals surface area contributed by atoms with E-state index >= 15 is 0 Å². The number of nitrogens with zero attached hydrogens (tertiary/aromatic N) is 2. The maximum atomic E-state index is 12.7. The van der Waals surface area contributed by atoms with Gasteiger partial charge in [-0.2, -0.15) is 0 Å². The van der Waals surface area contributed by atoms with Crippen LogP contribution in [0.1, 0.15) is 23.3 Å². The Bertz CT molecular complexity index is 934. The first-order valence-electron chi connectivity index (χ1n) is 8.22. The van der Waals surface area contributed by atoms with Crippen molar-refractivity contribution in [2.45, 2.75) is 13.0 Å². The van der Waals surface area contributed by atoms with Gasteiger partial charge in [-0.15, -0.1) is 0 Å². The number of benzene rings is 1. The third-order valence-electron chi connectivity index (χ3n) is 4.82. The largest absolute Gasteiger partial charge is 0.488 e. The Hall–Kier alpha value is -2.25. The Morgan fingerprint density at radius 1 is 1.40 bits per heavy atom. The zero-order valence-corrected chi connectivity index (χ0v) is 14.5. The van der Waals surface area contributed by atoms with Crippen LogP contribution in [0.2, 0.25) is 5.02 Å². The molecule has 3 heterocycles. The van der Waals surface area contributed by atoms with Crippen LogP contribution in [0.15, 0.2) is 17.1 Å². The van der Waals surface area contributed by atoms with E-state index < -0.39 is 11.4 Å². The molecule has 25 heavy (non-hydrogen) atoms. The number of anilines is 1. The van der Waals surface area contributed by atoms with Gasteiger partial charge in [-0.1, -0.05) is 11.6 Å². The highest BCUT2D eigenvalue weighted by atomic mass is 35.5. The molecule has 1 unspecified atom stereocenters. The Labute approximate surface area is 148 Å². The van der Waals surface area contributed by atoms with Crippen LogP contribution in [0, 0.1) is 0 Å². The zero-order chi connectivity index (χ0) is 17.7. The summed E-state index contributed by atoms with van der Waals surface area (Å²) in [7, 11) is 0. The molecule has 132 valence electrons. The Kier molecular flexibility index (Phi) is 3.85. The first kappa shape index (κ1) is 16.2. The Morgan fingerprint density at radius 3 is 2.80 bits per heavy atom. The Morgan fingerprint density at radius 2 is 2.12 bits per heavy atom. The highest BCUT2D eigenvalue weighted by molar-refractivity contribution is 6.36. The van der Waals surface area contributed by atoms with Crippen LogP contribution in [0.25, 0.3) is 10.9 Å². The maximum Gasteiger partial charge on any atom is 0.341 e. The summed E-state index contributed by atoms with van der Waals surface area (Å²) in [6.45, 7) is 5.44. The normalized spacial score (nSPS) is 19.8. The fourth-order valence-electron chi connectivity index (χ4n) is 3.50. The van der Waals surface area contributed by atoms with Crippen molar-refractivity contribution in [2.24, 2.45) is 0 Å². The van der Waals surface area contributed by atoms with Crippen LogP contribution in [0.3, 0.4) is 0 Å². The Balaban J connectivity index is 2.05. The molecule has 8 heteroatoms. The SMILES string of the molecule is CC1COc2c(Cl)c(N3CCNCC3)cc3c(=O)c(C(=O)O)cn1c23. The van der Waals surface area contributed by atoms with Crippen LogP contribution < -0.4 is 20.4 Å². The summed E-state index contributed by atoms with van der Waals surface area (Å²) in [5, 5.41) is 13.5. The van der Waals surface area contributed by atoms with E-state index in [1.165, 1.54) is 6.20 Å². The summed E-state index contributed by atoms with van der Waals surface area (Å²) in [5.74, 6) is -0.769. The van der Waals surface area contributed by atoms with Gasteiger partial charge in [0.2, 0.25) is 5.43 Å². The minimum absolute atomic E-state index is 0.0881. The topological polar surface area (TPSA) is 83.8 Å². The van der Waals surface area contributed by atoms with Crippen molar-refractivity contribution in [1.29, 1.82) is 0 Å². The van der Waals surface area contributed by atoms with Gasteiger partial charge in [0.1, 0.15) is 17.2 Å². The second-order valence-corrected chi connectivity index (χ2v) is 6.79. The van der Waals surface area contributed by atoms with E-state index in [1.54, 1.807) is 10.6 Å². The molecule has 2 aliphatic heterocycles. The van der Waals surface area contributed by atoms with E-state index in [-0.39, 0.29) is 11.6 Å². The van der Waals surface area contributed by atoms with Crippen LogP contribution >= 0.6 is 11.6 Å². The molecule has 1 atom stereocenters. The number of rotatable bonds is 2. The standard InChI is InChI=1S/C17H18ClN3O4/c1-9-8-25-16-13(18)12(20-4-2-19-3-5-20)6-10-14(16)21(9)7-11(15(10)22)17(23)24/h6-7,9,19H,2-5,8H2,1H3,(H,23,24). The number of aromatic carboxylic acids is 1. The lowest BCUT2D eigenvalue weighted by atomic mass is 10.1. The van der Waals surface area contributed by atoms with E-state index in [0.717, 1.165) is 26.2 Å². The minimum Gasteiger partial charge on any atom is -0.488 e. The number of pyridine rings is 1. The zero-order valence-electron chi connectivity index (χ0n) is 13.7. The molecule has 1 aromatic heterocycles. The van der Waals surface area contributed by atoms with Crippen molar-refractivity contribution in [3.05, 3.63) is 33.1 Å². The monoisotopic (exact) mass is 363 g/mol. The molecule has 0 spiro atoms. The average Bonchev–Trinajstić information content (AvgIpc) is 2.61. The van der Waals surface area contributed by atoms with Crippen molar-refractivity contribution >= 4 is 34.2 Å². The molecular formula is C17H18ClN3O4. The molecule has 1 saturated heterocycles. The van der Waals surface area contributed by atoms with Crippen LogP contribution in [0.5, 0.6) is 5.75 Å². The summed E-state index contributed by atoms with van der Waals surface area (Å²) >= 11 is 6.61. The summed E-state index contributed by atoms with van der Waals surface area (Å²) < 4.78 is 7.63. The van der Waals surface area contributed by atoms with Crippen molar-refractivity contribution in [3.63, 3.8) is 0 Å². The van der Waals surface area contributed by atoms with Gasteiger partial charge < -0.3 is 24.6 Å². The molecule has 2 aromatic rings. The van der Waals surface area contributed by atoms with E-state index in [2.05, 4.69) is 10.2 Å².